The molecule has 1 saturated carbocycles. The maximum atomic E-state index is 12.5. The van der Waals surface area contributed by atoms with Crippen LogP contribution in [0.1, 0.15) is 90.9 Å². The normalized spacial score (nSPS) is 19.9. The Balaban J connectivity index is 0.00000143. The van der Waals surface area contributed by atoms with Gasteiger partial charge in [-0.2, -0.15) is 0 Å². The summed E-state index contributed by atoms with van der Waals surface area (Å²) in [4.78, 5) is 52.7. The number of amides is 3. The second-order valence-corrected chi connectivity index (χ2v) is 17.1. The number of piperidine rings is 3. The summed E-state index contributed by atoms with van der Waals surface area (Å²) in [5, 5.41) is 11.0. The first-order chi connectivity index (χ1) is 28.7. The maximum Gasteiger partial charge on any atom is 0.269 e. The highest BCUT2D eigenvalue weighted by Crippen LogP contribution is 2.43. The molecule has 4 fully saturated rings. The highest BCUT2D eigenvalue weighted by molar-refractivity contribution is 6.32. The van der Waals surface area contributed by atoms with Crippen molar-refractivity contribution in [3.63, 3.8) is 0 Å². The molecule has 1 unspecified atom stereocenters. The molecule has 2 aromatic carbocycles. The molecule has 3 amide bonds. The van der Waals surface area contributed by atoms with Gasteiger partial charge in [0.1, 0.15) is 5.69 Å². The molecule has 5 aromatic rings. The molecule has 306 valence electrons. The molecule has 1 aliphatic carbocycles. The highest BCUT2D eigenvalue weighted by Gasteiger charge is 2.39. The number of carbonyl (C=O) groups excluding carboxylic acids is 3. The largest absolute Gasteiger partial charge is 0.385 e. The van der Waals surface area contributed by atoms with Gasteiger partial charge < -0.3 is 20.9 Å². The summed E-state index contributed by atoms with van der Waals surface area (Å²) in [7, 11) is 1.82. The van der Waals surface area contributed by atoms with E-state index in [2.05, 4.69) is 66.7 Å². The molecule has 4 aliphatic heterocycles. The number of likely N-dealkylation sites (tertiary alicyclic amines) is 1. The standard InChI is InChI=1S/C42H45ClN10O3.C3H6/c1-45-34-21-37(49-53-36(39(44)55)23-47-40(34)53)52-17-12-30-29(4-2-5-35(30)52)33-10-6-26(22-46-33)24-50-18-14-42(15-19-50)13-3-16-51(25-42)27-7-8-28(32(43)20-27)31-9-11-38(54)48-41(31)56;1-2-3-1/h2,4-8,10,20-23,31,45H,3,9,11-19,24-25H2,1H3,(H2,44,55)(H,48,54,56);1-3H2. The highest BCUT2D eigenvalue weighted by atomic mass is 35.5. The zero-order valence-electron chi connectivity index (χ0n) is 33.6. The molecule has 14 heteroatoms. The third-order valence-corrected chi connectivity index (χ3v) is 13.0. The number of fused-ring (bicyclic) bond motifs is 2. The lowest BCUT2D eigenvalue weighted by atomic mass is 9.72. The van der Waals surface area contributed by atoms with Gasteiger partial charge in [0.15, 0.2) is 11.5 Å². The monoisotopic (exact) mass is 814 g/mol. The van der Waals surface area contributed by atoms with E-state index in [1.165, 1.54) is 47.5 Å². The number of pyridine rings is 1. The van der Waals surface area contributed by atoms with E-state index in [4.69, 9.17) is 27.4 Å². The molecule has 7 heterocycles. The van der Waals surface area contributed by atoms with Gasteiger partial charge >= 0.3 is 0 Å². The predicted molar refractivity (Wildman–Crippen MR) is 230 cm³/mol. The van der Waals surface area contributed by atoms with Gasteiger partial charge in [-0.1, -0.05) is 55.1 Å². The molecule has 13 nitrogen and oxygen atoms in total. The van der Waals surface area contributed by atoms with Crippen molar-refractivity contribution in [2.45, 2.75) is 76.7 Å². The number of rotatable bonds is 8. The van der Waals surface area contributed by atoms with Crippen LogP contribution in [-0.2, 0) is 22.6 Å². The van der Waals surface area contributed by atoms with E-state index in [1.807, 2.05) is 31.4 Å². The van der Waals surface area contributed by atoms with E-state index in [1.54, 1.807) is 0 Å². The number of nitrogens with one attached hydrogen (secondary N) is 2. The number of primary amides is 1. The van der Waals surface area contributed by atoms with E-state index in [0.29, 0.717) is 29.3 Å². The fraction of sp³-hybridized carbons (Fsp3) is 0.422. The van der Waals surface area contributed by atoms with E-state index < -0.39 is 5.91 Å². The number of hydrogen-bond acceptors (Lipinski definition) is 10. The minimum Gasteiger partial charge on any atom is -0.385 e. The molecule has 0 bridgehead atoms. The summed E-state index contributed by atoms with van der Waals surface area (Å²) in [6.45, 7) is 5.70. The molecule has 59 heavy (non-hydrogen) atoms. The third kappa shape index (κ3) is 7.97. The van der Waals surface area contributed by atoms with Gasteiger partial charge in [0, 0.05) is 73.9 Å². The summed E-state index contributed by atoms with van der Waals surface area (Å²) in [5.74, 6) is -0.737. The second kappa shape index (κ2) is 16.3. The van der Waals surface area contributed by atoms with Gasteiger partial charge in [-0.05, 0) is 98.0 Å². The van der Waals surface area contributed by atoms with Crippen LogP contribution in [0.15, 0.2) is 67.0 Å². The van der Waals surface area contributed by atoms with Crippen molar-refractivity contribution in [1.82, 2.24) is 29.8 Å². The smallest absolute Gasteiger partial charge is 0.269 e. The van der Waals surface area contributed by atoms with Crippen LogP contribution in [0.4, 0.5) is 22.9 Å². The molecule has 1 spiro atoms. The minimum absolute atomic E-state index is 0.217. The Bertz CT molecular complexity index is 2400. The Kier molecular flexibility index (Phi) is 10.7. The SMILES string of the molecule is C1CC1.CNc1cc(N2CCc3c(-c4ccc(CN5CCC6(CCCN(c7ccc(C8CCC(=O)NC8=O)c(Cl)c7)C6)CC5)cn4)cccc32)nn2c(C(N)=O)cnc12. The first-order valence-electron chi connectivity index (χ1n) is 21.0. The van der Waals surface area contributed by atoms with Crippen LogP contribution in [0.5, 0.6) is 0 Å². The summed E-state index contributed by atoms with van der Waals surface area (Å²) in [6, 6.07) is 18.7. The fourth-order valence-corrected chi connectivity index (χ4v) is 9.60. The summed E-state index contributed by atoms with van der Waals surface area (Å²) in [6.07, 6.45) is 14.3. The Hall–Kier alpha value is -5.53. The van der Waals surface area contributed by atoms with Crippen LogP contribution >= 0.6 is 11.6 Å². The average molecular weight is 815 g/mol. The van der Waals surface area contributed by atoms with Gasteiger partial charge in [-0.15, -0.1) is 5.10 Å². The molecule has 0 radical (unpaired) electrons. The first-order valence-corrected chi connectivity index (χ1v) is 21.4. The molecular weight excluding hydrogens is 764 g/mol. The van der Waals surface area contributed by atoms with Crippen LogP contribution in [0.25, 0.3) is 16.9 Å². The van der Waals surface area contributed by atoms with Crippen LogP contribution in [0.2, 0.25) is 5.02 Å². The molecule has 4 N–H and O–H groups in total. The van der Waals surface area contributed by atoms with Crippen LogP contribution in [0.3, 0.4) is 0 Å². The van der Waals surface area contributed by atoms with Gasteiger partial charge in [-0.25, -0.2) is 9.50 Å². The third-order valence-electron chi connectivity index (χ3n) is 12.7. The van der Waals surface area contributed by atoms with Gasteiger partial charge in [-0.3, -0.25) is 29.6 Å². The van der Waals surface area contributed by atoms with Crippen molar-refractivity contribution >= 4 is 57.8 Å². The van der Waals surface area contributed by atoms with E-state index in [9.17, 15) is 14.4 Å². The van der Waals surface area contributed by atoms with Crippen molar-refractivity contribution in [3.8, 4) is 11.3 Å². The number of imide groups is 1. The number of nitrogens with zero attached hydrogens (tertiary/aromatic N) is 7. The maximum absolute atomic E-state index is 12.5. The minimum atomic E-state index is -0.580. The molecule has 3 aromatic heterocycles. The average Bonchev–Trinajstić information content (AvgIpc) is 3.96. The fourth-order valence-electron chi connectivity index (χ4n) is 9.29. The summed E-state index contributed by atoms with van der Waals surface area (Å²) < 4.78 is 1.52. The zero-order chi connectivity index (χ0) is 40.7. The Morgan fingerprint density at radius 3 is 2.49 bits per heavy atom. The van der Waals surface area contributed by atoms with E-state index >= 15 is 0 Å². The Labute approximate surface area is 349 Å². The quantitative estimate of drug-likeness (QED) is 0.142. The first kappa shape index (κ1) is 39.0. The van der Waals surface area contributed by atoms with Gasteiger partial charge in [0.2, 0.25) is 11.8 Å². The molecule has 5 aliphatic rings. The van der Waals surface area contributed by atoms with Crippen molar-refractivity contribution < 1.29 is 14.4 Å². The number of halogens is 1. The molecule has 3 saturated heterocycles. The second-order valence-electron chi connectivity index (χ2n) is 16.7. The van der Waals surface area contributed by atoms with E-state index in [-0.39, 0.29) is 28.8 Å². The van der Waals surface area contributed by atoms with Crippen LogP contribution in [0, 0.1) is 5.41 Å². The lowest BCUT2D eigenvalue weighted by Crippen LogP contribution is -2.49. The number of nitrogens with two attached hydrogens (primary N) is 1. The molecule has 10 rings (SSSR count). The number of imidazole rings is 1. The number of anilines is 4. The van der Waals surface area contributed by atoms with Crippen molar-refractivity contribution in [3.05, 3.63) is 94.4 Å². The molecule has 1 atom stereocenters. The number of carbonyl (C=O) groups is 3. The molecular formula is C45H51ClN10O3. The zero-order valence-corrected chi connectivity index (χ0v) is 34.3. The summed E-state index contributed by atoms with van der Waals surface area (Å²) in [5.41, 5.74) is 14.9. The van der Waals surface area contributed by atoms with Crippen molar-refractivity contribution in [2.24, 2.45) is 11.1 Å². The summed E-state index contributed by atoms with van der Waals surface area (Å²) >= 11 is 6.77. The topological polar surface area (TPSA) is 154 Å². The number of hydrogen-bond donors (Lipinski definition) is 3. The Morgan fingerprint density at radius 1 is 0.949 bits per heavy atom. The van der Waals surface area contributed by atoms with Crippen molar-refractivity contribution in [1.29, 1.82) is 0 Å². The number of benzene rings is 2. The lowest BCUT2D eigenvalue weighted by molar-refractivity contribution is -0.134. The Morgan fingerprint density at radius 2 is 1.78 bits per heavy atom. The van der Waals surface area contributed by atoms with E-state index in [0.717, 1.165) is 98.8 Å². The van der Waals surface area contributed by atoms with Crippen LogP contribution in [-0.4, -0.2) is 82.0 Å². The predicted octanol–water partition coefficient (Wildman–Crippen LogP) is 6.85. The lowest BCUT2D eigenvalue weighted by Gasteiger charge is -2.48. The van der Waals surface area contributed by atoms with Gasteiger partial charge in [0.05, 0.1) is 23.5 Å². The van der Waals surface area contributed by atoms with Gasteiger partial charge in [0.25, 0.3) is 5.91 Å². The number of aromatic nitrogens is 4. The van der Waals surface area contributed by atoms with Crippen LogP contribution < -0.4 is 26.2 Å². The van der Waals surface area contributed by atoms with Crippen molar-refractivity contribution in [2.75, 3.05) is 54.9 Å².